The fourth-order valence-corrected chi connectivity index (χ4v) is 3.92. The van der Waals surface area contributed by atoms with Crippen molar-refractivity contribution in [1.82, 2.24) is 0 Å². The number of carbonyl (C=O) groups is 1. The summed E-state index contributed by atoms with van der Waals surface area (Å²) in [5.74, 6) is -3.44. The second-order valence-corrected chi connectivity index (χ2v) is 8.64. The molecule has 0 aliphatic rings. The Bertz CT molecular complexity index is 1200. The summed E-state index contributed by atoms with van der Waals surface area (Å²) in [4.78, 5) is 12.6. The quantitative estimate of drug-likeness (QED) is 0.236. The molecular formula is C27H24F6O3. The summed E-state index contributed by atoms with van der Waals surface area (Å²) >= 11 is 0. The Hall–Kier alpha value is -3.49. The van der Waals surface area contributed by atoms with Crippen LogP contribution in [0.25, 0.3) is 11.1 Å². The maximum absolute atomic E-state index is 14.5. The molecule has 3 aromatic rings. The first-order chi connectivity index (χ1) is 16.8. The number of hydrogen-bond donors (Lipinski definition) is 0. The largest absolute Gasteiger partial charge is 0.469 e. The highest BCUT2D eigenvalue weighted by Gasteiger charge is 2.42. The van der Waals surface area contributed by atoms with Crippen LogP contribution in [-0.2, 0) is 21.9 Å². The maximum Gasteiger partial charge on any atom is 0.420 e. The number of ether oxygens (including phenoxy) is 2. The van der Waals surface area contributed by atoms with Crippen molar-refractivity contribution >= 4 is 5.97 Å². The van der Waals surface area contributed by atoms with Crippen LogP contribution < -0.4 is 4.74 Å². The number of esters is 1. The molecule has 0 saturated heterocycles. The molecule has 0 aromatic heterocycles. The fourth-order valence-electron chi connectivity index (χ4n) is 3.92. The van der Waals surface area contributed by atoms with Gasteiger partial charge in [0, 0.05) is 0 Å². The van der Waals surface area contributed by atoms with Crippen LogP contribution in [0.1, 0.15) is 42.9 Å². The molecule has 1 atom stereocenters. The predicted molar refractivity (Wildman–Crippen MR) is 123 cm³/mol. The van der Waals surface area contributed by atoms with E-state index in [1.807, 2.05) is 0 Å². The van der Waals surface area contributed by atoms with E-state index in [2.05, 4.69) is 0 Å². The molecule has 0 N–H and O–H groups in total. The smallest absolute Gasteiger partial charge is 0.420 e. The highest BCUT2D eigenvalue weighted by Crippen LogP contribution is 2.47. The van der Waals surface area contributed by atoms with E-state index in [0.29, 0.717) is 17.2 Å². The summed E-state index contributed by atoms with van der Waals surface area (Å²) in [6.07, 6.45) is -9.64. The molecule has 0 fully saturated rings. The lowest BCUT2D eigenvalue weighted by Crippen LogP contribution is -2.21. The molecule has 0 heterocycles. The molecule has 192 valence electrons. The van der Waals surface area contributed by atoms with Gasteiger partial charge < -0.3 is 9.47 Å². The van der Waals surface area contributed by atoms with Gasteiger partial charge >= 0.3 is 18.3 Å². The Kier molecular flexibility index (Phi) is 8.01. The summed E-state index contributed by atoms with van der Waals surface area (Å²) in [6, 6.07) is 14.4. The second kappa shape index (κ2) is 10.6. The Morgan fingerprint density at radius 1 is 0.833 bits per heavy atom. The van der Waals surface area contributed by atoms with Gasteiger partial charge in [-0.05, 0) is 59.4 Å². The SMILES string of the molecule is COC(=O)C(CC(C)C)c1cc(-c2ccccc2)cc(Oc2cccc(C(F)(F)F)c2)c1C(F)(F)F. The molecule has 3 nitrogen and oxygen atoms in total. The maximum atomic E-state index is 14.5. The predicted octanol–water partition coefficient (Wildman–Crippen LogP) is 8.49. The molecule has 0 radical (unpaired) electrons. The third-order valence-corrected chi connectivity index (χ3v) is 5.48. The molecule has 0 bridgehead atoms. The van der Waals surface area contributed by atoms with Crippen LogP contribution >= 0.6 is 0 Å². The van der Waals surface area contributed by atoms with E-state index in [1.165, 1.54) is 6.07 Å². The van der Waals surface area contributed by atoms with Crippen molar-refractivity contribution in [2.75, 3.05) is 7.11 Å². The van der Waals surface area contributed by atoms with Crippen molar-refractivity contribution in [2.45, 2.75) is 38.5 Å². The van der Waals surface area contributed by atoms with Gasteiger partial charge in [0.1, 0.15) is 17.1 Å². The van der Waals surface area contributed by atoms with Crippen LogP contribution in [0.5, 0.6) is 11.5 Å². The Labute approximate surface area is 204 Å². The van der Waals surface area contributed by atoms with E-state index >= 15 is 0 Å². The summed E-state index contributed by atoms with van der Waals surface area (Å²) in [6.45, 7) is 3.51. The van der Waals surface area contributed by atoms with E-state index in [4.69, 9.17) is 9.47 Å². The fraction of sp³-hybridized carbons (Fsp3) is 0.296. The third kappa shape index (κ3) is 6.38. The molecule has 0 saturated carbocycles. The van der Waals surface area contributed by atoms with E-state index in [1.54, 1.807) is 44.2 Å². The lowest BCUT2D eigenvalue weighted by Gasteiger charge is -2.25. The van der Waals surface area contributed by atoms with E-state index < -0.39 is 46.9 Å². The molecule has 0 spiro atoms. The minimum Gasteiger partial charge on any atom is -0.469 e. The van der Waals surface area contributed by atoms with Gasteiger partial charge in [0.15, 0.2) is 0 Å². The van der Waals surface area contributed by atoms with Crippen molar-refractivity contribution in [3.63, 3.8) is 0 Å². The number of halogens is 6. The first-order valence-corrected chi connectivity index (χ1v) is 11.0. The van der Waals surface area contributed by atoms with Gasteiger partial charge in [-0.2, -0.15) is 26.3 Å². The van der Waals surface area contributed by atoms with E-state index in [0.717, 1.165) is 31.4 Å². The van der Waals surface area contributed by atoms with Crippen molar-refractivity contribution in [3.05, 3.63) is 83.4 Å². The highest BCUT2D eigenvalue weighted by atomic mass is 19.4. The van der Waals surface area contributed by atoms with Gasteiger partial charge in [-0.1, -0.05) is 50.2 Å². The number of methoxy groups -OCH3 is 1. The van der Waals surface area contributed by atoms with Crippen LogP contribution in [0, 0.1) is 5.92 Å². The van der Waals surface area contributed by atoms with E-state index in [-0.39, 0.29) is 17.9 Å². The average molecular weight is 510 g/mol. The molecule has 3 aromatic carbocycles. The summed E-state index contributed by atoms with van der Waals surface area (Å²) in [7, 11) is 1.09. The van der Waals surface area contributed by atoms with Gasteiger partial charge in [0.05, 0.1) is 18.6 Å². The monoisotopic (exact) mass is 510 g/mol. The molecule has 0 aliphatic heterocycles. The van der Waals surface area contributed by atoms with Crippen LogP contribution in [0.4, 0.5) is 26.3 Å². The number of rotatable bonds is 7. The molecule has 1 unspecified atom stereocenters. The Morgan fingerprint density at radius 2 is 1.50 bits per heavy atom. The second-order valence-electron chi connectivity index (χ2n) is 8.64. The van der Waals surface area contributed by atoms with Gasteiger partial charge in [0.25, 0.3) is 0 Å². The van der Waals surface area contributed by atoms with Gasteiger partial charge in [-0.3, -0.25) is 4.79 Å². The zero-order valence-corrected chi connectivity index (χ0v) is 19.7. The molecule has 9 heteroatoms. The van der Waals surface area contributed by atoms with Gasteiger partial charge in [-0.15, -0.1) is 0 Å². The van der Waals surface area contributed by atoms with E-state index in [9.17, 15) is 31.1 Å². The van der Waals surface area contributed by atoms with Gasteiger partial charge in [-0.25, -0.2) is 0 Å². The zero-order chi connectivity index (χ0) is 26.7. The lowest BCUT2D eigenvalue weighted by molar-refractivity contribution is -0.145. The highest BCUT2D eigenvalue weighted by molar-refractivity contribution is 5.81. The number of hydrogen-bond acceptors (Lipinski definition) is 3. The standard InChI is InChI=1S/C27H24F6O3/c1-16(2)12-22(25(34)35-3)21-13-18(17-8-5-4-6-9-17)14-23(24(21)27(31,32)33)36-20-11-7-10-19(15-20)26(28,29)30/h4-11,13-16,22H,12H2,1-3H3. The summed E-state index contributed by atoms with van der Waals surface area (Å²) < 4.78 is 93.3. The van der Waals surface area contributed by atoms with Crippen molar-refractivity contribution < 1.29 is 40.6 Å². The zero-order valence-electron chi connectivity index (χ0n) is 19.7. The Morgan fingerprint density at radius 3 is 2.06 bits per heavy atom. The lowest BCUT2D eigenvalue weighted by atomic mass is 9.85. The molecule has 0 amide bonds. The van der Waals surface area contributed by atoms with Crippen molar-refractivity contribution in [3.8, 4) is 22.6 Å². The average Bonchev–Trinajstić information content (AvgIpc) is 2.81. The minimum atomic E-state index is -4.98. The third-order valence-electron chi connectivity index (χ3n) is 5.48. The van der Waals surface area contributed by atoms with Crippen molar-refractivity contribution in [1.29, 1.82) is 0 Å². The summed E-state index contributed by atoms with van der Waals surface area (Å²) in [5.41, 5.74) is -1.84. The molecule has 3 rings (SSSR count). The van der Waals surface area contributed by atoms with Crippen LogP contribution in [-0.4, -0.2) is 13.1 Å². The molecule has 0 aliphatic carbocycles. The minimum absolute atomic E-state index is 0.0526. The van der Waals surface area contributed by atoms with Crippen molar-refractivity contribution in [2.24, 2.45) is 5.92 Å². The van der Waals surface area contributed by atoms with Crippen LogP contribution in [0.2, 0.25) is 0 Å². The topological polar surface area (TPSA) is 35.5 Å². The first-order valence-electron chi connectivity index (χ1n) is 11.0. The number of alkyl halides is 6. The van der Waals surface area contributed by atoms with Gasteiger partial charge in [0.2, 0.25) is 0 Å². The Balaban J connectivity index is 2.31. The first kappa shape index (κ1) is 27.1. The number of benzene rings is 3. The summed E-state index contributed by atoms with van der Waals surface area (Å²) in [5, 5.41) is 0. The van der Waals surface area contributed by atoms with Crippen LogP contribution in [0.3, 0.4) is 0 Å². The number of carbonyl (C=O) groups excluding carboxylic acids is 1. The van der Waals surface area contributed by atoms with Crippen LogP contribution in [0.15, 0.2) is 66.7 Å². The normalized spacial score (nSPS) is 12.9. The molecule has 36 heavy (non-hydrogen) atoms. The molecular weight excluding hydrogens is 486 g/mol.